The number of amides is 1. The van der Waals surface area contributed by atoms with E-state index in [9.17, 15) is 4.79 Å². The van der Waals surface area contributed by atoms with Gasteiger partial charge in [-0.1, -0.05) is 15.9 Å². The first-order valence-corrected chi connectivity index (χ1v) is 9.10. The smallest absolute Gasteiger partial charge is 0.253 e. The zero-order chi connectivity index (χ0) is 17.9. The monoisotopic (exact) mass is 412 g/mol. The van der Waals surface area contributed by atoms with Crippen LogP contribution in [0.3, 0.4) is 0 Å². The number of piperazine rings is 1. The number of anilines is 1. The molecule has 0 N–H and O–H groups in total. The van der Waals surface area contributed by atoms with Crippen molar-refractivity contribution in [1.29, 1.82) is 0 Å². The van der Waals surface area contributed by atoms with Gasteiger partial charge >= 0.3 is 0 Å². The molecule has 2 aromatic heterocycles. The molecule has 0 atom stereocenters. The highest BCUT2D eigenvalue weighted by atomic mass is 79.9. The number of carbonyl (C=O) groups excluding carboxylic acids is 1. The number of nitrogens with zero attached hydrogens (tertiary/aromatic N) is 6. The second-order valence-electron chi connectivity index (χ2n) is 5.99. The van der Waals surface area contributed by atoms with Crippen molar-refractivity contribution < 1.29 is 4.79 Å². The highest BCUT2D eigenvalue weighted by molar-refractivity contribution is 9.10. The van der Waals surface area contributed by atoms with E-state index in [0.717, 1.165) is 29.2 Å². The largest absolute Gasteiger partial charge is 0.353 e. The predicted octanol–water partition coefficient (Wildman–Crippen LogP) is 2.39. The molecule has 1 aliphatic heterocycles. The number of benzene rings is 1. The summed E-state index contributed by atoms with van der Waals surface area (Å²) >= 11 is 3.40. The Bertz CT molecular complexity index is 888. The molecule has 1 aromatic carbocycles. The molecule has 4 rings (SSSR count). The van der Waals surface area contributed by atoms with Gasteiger partial charge in [0.1, 0.15) is 24.3 Å². The molecule has 0 saturated carbocycles. The molecule has 7 nitrogen and oxygen atoms in total. The van der Waals surface area contributed by atoms with Crippen molar-refractivity contribution in [3.8, 4) is 5.82 Å². The van der Waals surface area contributed by atoms with Crippen molar-refractivity contribution in [2.24, 2.45) is 0 Å². The van der Waals surface area contributed by atoms with Crippen LogP contribution in [0.4, 0.5) is 5.82 Å². The van der Waals surface area contributed by atoms with Crippen LogP contribution in [0.25, 0.3) is 5.82 Å². The topological polar surface area (TPSA) is 67.2 Å². The lowest BCUT2D eigenvalue weighted by atomic mass is 10.2. The summed E-state index contributed by atoms with van der Waals surface area (Å²) in [6, 6.07) is 9.42. The molecule has 1 fully saturated rings. The van der Waals surface area contributed by atoms with Crippen LogP contribution in [-0.4, -0.2) is 56.5 Å². The van der Waals surface area contributed by atoms with Gasteiger partial charge in [0.2, 0.25) is 0 Å². The Morgan fingerprint density at radius 1 is 1.00 bits per heavy atom. The van der Waals surface area contributed by atoms with Crippen LogP contribution < -0.4 is 4.90 Å². The van der Waals surface area contributed by atoms with E-state index in [0.29, 0.717) is 18.7 Å². The zero-order valence-electron chi connectivity index (χ0n) is 14.0. The second-order valence-corrected chi connectivity index (χ2v) is 6.91. The summed E-state index contributed by atoms with van der Waals surface area (Å²) in [5.41, 5.74) is 0.714. The average Bonchev–Trinajstić information content (AvgIpc) is 3.23. The molecule has 26 heavy (non-hydrogen) atoms. The molecule has 132 valence electrons. The van der Waals surface area contributed by atoms with E-state index in [2.05, 4.69) is 35.8 Å². The number of hydrogen-bond acceptors (Lipinski definition) is 5. The third-order valence-corrected chi connectivity index (χ3v) is 4.92. The molecule has 3 aromatic rings. The first kappa shape index (κ1) is 16.7. The third-order valence-electron chi connectivity index (χ3n) is 4.39. The Labute approximate surface area is 159 Å². The van der Waals surface area contributed by atoms with Crippen LogP contribution in [0.1, 0.15) is 10.4 Å². The third kappa shape index (κ3) is 3.45. The molecule has 1 saturated heterocycles. The van der Waals surface area contributed by atoms with Crippen molar-refractivity contribution in [3.63, 3.8) is 0 Å². The maximum Gasteiger partial charge on any atom is 0.253 e. The Kier molecular flexibility index (Phi) is 4.66. The van der Waals surface area contributed by atoms with Crippen molar-refractivity contribution >= 4 is 27.7 Å². The molecule has 0 bridgehead atoms. The summed E-state index contributed by atoms with van der Waals surface area (Å²) in [6.07, 6.45) is 6.83. The van der Waals surface area contributed by atoms with E-state index in [1.54, 1.807) is 18.9 Å². The molecule has 1 aliphatic rings. The van der Waals surface area contributed by atoms with Gasteiger partial charge in [0.25, 0.3) is 5.91 Å². The Morgan fingerprint density at radius 2 is 1.73 bits per heavy atom. The first-order chi connectivity index (χ1) is 12.7. The summed E-state index contributed by atoms with van der Waals surface area (Å²) < 4.78 is 2.81. The normalized spacial score (nSPS) is 14.5. The fourth-order valence-electron chi connectivity index (χ4n) is 2.96. The second kappa shape index (κ2) is 7.25. The van der Waals surface area contributed by atoms with Gasteiger partial charge in [-0.2, -0.15) is 0 Å². The molecule has 1 amide bonds. The number of hydrogen-bond donors (Lipinski definition) is 0. The lowest BCUT2D eigenvalue weighted by Crippen LogP contribution is -2.49. The van der Waals surface area contributed by atoms with Gasteiger partial charge in [-0.3, -0.25) is 9.36 Å². The Morgan fingerprint density at radius 3 is 2.42 bits per heavy atom. The highest BCUT2D eigenvalue weighted by Gasteiger charge is 2.23. The minimum Gasteiger partial charge on any atom is -0.353 e. The molecule has 0 aliphatic carbocycles. The maximum atomic E-state index is 12.6. The fraction of sp³-hybridized carbons (Fsp3) is 0.222. The van der Waals surface area contributed by atoms with Crippen LogP contribution >= 0.6 is 15.9 Å². The SMILES string of the molecule is O=C(c1ccc(Br)cc1)N1CCN(c2cc(-n3ccnc3)ncn2)CC1. The highest BCUT2D eigenvalue weighted by Crippen LogP contribution is 2.18. The quantitative estimate of drug-likeness (QED) is 0.660. The molecular weight excluding hydrogens is 396 g/mol. The molecule has 0 radical (unpaired) electrons. The van der Waals surface area contributed by atoms with Crippen LogP contribution in [0.15, 0.2) is 59.9 Å². The van der Waals surface area contributed by atoms with E-state index in [-0.39, 0.29) is 5.91 Å². The van der Waals surface area contributed by atoms with Crippen molar-refractivity contribution in [1.82, 2.24) is 24.4 Å². The molecular formula is C18H17BrN6O. The van der Waals surface area contributed by atoms with Crippen molar-refractivity contribution in [2.45, 2.75) is 0 Å². The average molecular weight is 413 g/mol. The summed E-state index contributed by atoms with van der Waals surface area (Å²) in [5, 5.41) is 0. The van der Waals surface area contributed by atoms with E-state index < -0.39 is 0 Å². The number of rotatable bonds is 3. The van der Waals surface area contributed by atoms with Crippen LogP contribution in [-0.2, 0) is 0 Å². The fourth-order valence-corrected chi connectivity index (χ4v) is 3.22. The minimum absolute atomic E-state index is 0.0685. The summed E-state index contributed by atoms with van der Waals surface area (Å²) in [7, 11) is 0. The molecule has 0 spiro atoms. The van der Waals surface area contributed by atoms with Crippen molar-refractivity contribution in [3.05, 3.63) is 65.4 Å². The van der Waals surface area contributed by atoms with Crippen LogP contribution in [0, 0.1) is 0 Å². The summed E-state index contributed by atoms with van der Waals surface area (Å²) in [4.78, 5) is 29.4. The number of aromatic nitrogens is 4. The van der Waals surface area contributed by atoms with Gasteiger partial charge in [0.15, 0.2) is 0 Å². The van der Waals surface area contributed by atoms with E-state index in [1.807, 2.05) is 46.0 Å². The van der Waals surface area contributed by atoms with Crippen molar-refractivity contribution in [2.75, 3.05) is 31.1 Å². The van der Waals surface area contributed by atoms with Gasteiger partial charge in [0.05, 0.1) is 0 Å². The van der Waals surface area contributed by atoms with Gasteiger partial charge < -0.3 is 9.80 Å². The molecule has 0 unspecified atom stereocenters. The lowest BCUT2D eigenvalue weighted by Gasteiger charge is -2.35. The van der Waals surface area contributed by atoms with Gasteiger partial charge in [0, 0.05) is 54.7 Å². The zero-order valence-corrected chi connectivity index (χ0v) is 15.6. The van der Waals surface area contributed by atoms with Crippen LogP contribution in [0.2, 0.25) is 0 Å². The molecule has 8 heteroatoms. The Balaban J connectivity index is 1.43. The lowest BCUT2D eigenvalue weighted by molar-refractivity contribution is 0.0746. The van der Waals surface area contributed by atoms with E-state index in [4.69, 9.17) is 0 Å². The first-order valence-electron chi connectivity index (χ1n) is 8.31. The minimum atomic E-state index is 0.0685. The number of carbonyl (C=O) groups is 1. The Hall–Kier alpha value is -2.74. The van der Waals surface area contributed by atoms with Crippen LogP contribution in [0.5, 0.6) is 0 Å². The predicted molar refractivity (Wildman–Crippen MR) is 101 cm³/mol. The summed E-state index contributed by atoms with van der Waals surface area (Å²) in [6.45, 7) is 2.81. The van der Waals surface area contributed by atoms with Gasteiger partial charge in [-0.05, 0) is 24.3 Å². The van der Waals surface area contributed by atoms with E-state index in [1.165, 1.54) is 0 Å². The van der Waals surface area contributed by atoms with E-state index >= 15 is 0 Å². The molecule has 3 heterocycles. The van der Waals surface area contributed by atoms with Gasteiger partial charge in [-0.15, -0.1) is 0 Å². The van der Waals surface area contributed by atoms with Gasteiger partial charge in [-0.25, -0.2) is 15.0 Å². The standard InChI is InChI=1S/C18H17BrN6O/c19-15-3-1-14(2-4-15)18(26)24-9-7-23(8-10-24)16-11-17(22-12-21-16)25-6-5-20-13-25/h1-6,11-13H,7-10H2. The summed E-state index contributed by atoms with van der Waals surface area (Å²) in [5.74, 6) is 1.71. The number of imidazole rings is 1. The number of halogens is 1. The maximum absolute atomic E-state index is 12.6.